The fourth-order valence-electron chi connectivity index (χ4n) is 8.76. The monoisotopic (exact) mass is 1520 g/mol. The van der Waals surface area contributed by atoms with Gasteiger partial charge in [-0.05, 0) is 51.4 Å². The number of nitro groups is 10. The minimum absolute atomic E-state index is 0.124. The van der Waals surface area contributed by atoms with Gasteiger partial charge in [0, 0.05) is 12.8 Å². The fourth-order valence-corrected chi connectivity index (χ4v) is 8.76. The molecule has 0 rings (SSSR count). The molecule has 0 aliphatic rings. The van der Waals surface area contributed by atoms with E-state index in [2.05, 4.69) is 37.2 Å². The summed E-state index contributed by atoms with van der Waals surface area (Å²) in [6.45, 7) is 16.1. The van der Waals surface area contributed by atoms with Crippen LogP contribution in [0.4, 0.5) is 0 Å². The van der Waals surface area contributed by atoms with Crippen molar-refractivity contribution in [3.05, 3.63) is 101 Å². The van der Waals surface area contributed by atoms with Crippen LogP contribution in [0.25, 0.3) is 0 Å². The van der Waals surface area contributed by atoms with E-state index in [1.807, 2.05) is 27.7 Å². The number of esters is 5. The highest BCUT2D eigenvalue weighted by atomic mass is 16.7. The van der Waals surface area contributed by atoms with E-state index < -0.39 is 140 Å². The van der Waals surface area contributed by atoms with Crippen molar-refractivity contribution >= 4 is 29.8 Å². The van der Waals surface area contributed by atoms with E-state index >= 15 is 0 Å². The number of hydrogen-bond donors (Lipinski definition) is 0. The summed E-state index contributed by atoms with van der Waals surface area (Å²) in [5, 5.41) is 107. The van der Waals surface area contributed by atoms with Crippen LogP contribution in [0.2, 0.25) is 0 Å². The average molecular weight is 1520 g/mol. The van der Waals surface area contributed by atoms with Gasteiger partial charge in [0.1, 0.15) is 49.2 Å². The number of nitrogens with zero attached hydrogens (tertiary/aromatic N) is 10. The summed E-state index contributed by atoms with van der Waals surface area (Å²) in [4.78, 5) is 155. The van der Waals surface area contributed by atoms with Gasteiger partial charge in [0.2, 0.25) is 33.0 Å². The zero-order valence-electron chi connectivity index (χ0n) is 64.0. The SMILES string of the molecule is CCCCC(CC)C(=O)OCC(C)([N+](=O)[O-])[N+](=O)[O-].CCCCCC(=O)OCC(C)([N+](=O)[O-])[N+](=O)[O-].CCCCCCC(CCCC)C(=O)OCC(C)([N+](=O)[O-])[N+](=O)[O-].CCCCCCCC(=O)OCC(C)([N+](=O)[O-])[N+](=O)[O-].CCCCCCCCC(CCCCCC)C(=O)OCC(C)([N+](=O)[O-])[N+](=O)[O-]. The average Bonchev–Trinajstić information content (AvgIpc) is 0.874. The van der Waals surface area contributed by atoms with Crippen LogP contribution < -0.4 is 0 Å². The molecule has 0 spiro atoms. The van der Waals surface area contributed by atoms with Crippen molar-refractivity contribution in [2.45, 2.75) is 337 Å². The maximum Gasteiger partial charge on any atom is 0.488 e. The lowest BCUT2D eigenvalue weighted by Crippen LogP contribution is -2.48. The van der Waals surface area contributed by atoms with Crippen molar-refractivity contribution < 1.29 is 96.9 Å². The van der Waals surface area contributed by atoms with Gasteiger partial charge < -0.3 is 23.7 Å². The molecule has 0 amide bonds. The first kappa shape index (κ1) is 105. The van der Waals surface area contributed by atoms with Gasteiger partial charge in [0.25, 0.3) is 0 Å². The highest BCUT2D eigenvalue weighted by Crippen LogP contribution is 2.25. The molecular formula is C65H120N10O30. The van der Waals surface area contributed by atoms with Crippen molar-refractivity contribution in [1.82, 2.24) is 0 Å². The van der Waals surface area contributed by atoms with Gasteiger partial charge in [-0.3, -0.25) is 125 Å². The predicted octanol–water partition coefficient (Wildman–Crippen LogP) is 14.3. The van der Waals surface area contributed by atoms with Crippen LogP contribution in [0.3, 0.4) is 0 Å². The Labute approximate surface area is 613 Å². The van der Waals surface area contributed by atoms with Crippen molar-refractivity contribution in [3.63, 3.8) is 0 Å². The Balaban J connectivity index is -0.000000401. The predicted molar refractivity (Wildman–Crippen MR) is 380 cm³/mol. The molecule has 3 unspecified atom stereocenters. The van der Waals surface area contributed by atoms with Crippen LogP contribution in [0.1, 0.15) is 308 Å². The van der Waals surface area contributed by atoms with Gasteiger partial charge in [-0.15, -0.1) is 0 Å². The molecule has 0 aromatic rings. The summed E-state index contributed by atoms with van der Waals surface area (Å²) in [5.74, 6) is -4.03. The van der Waals surface area contributed by atoms with E-state index in [4.69, 9.17) is 14.2 Å². The number of carbonyl (C=O) groups excluding carboxylic acids is 5. The first-order valence-electron chi connectivity index (χ1n) is 36.3. The van der Waals surface area contributed by atoms with Gasteiger partial charge in [-0.1, -0.05) is 209 Å². The highest BCUT2D eigenvalue weighted by Gasteiger charge is 2.56. The number of hydrogen-bond acceptors (Lipinski definition) is 30. The van der Waals surface area contributed by atoms with Crippen molar-refractivity contribution in [2.24, 2.45) is 17.8 Å². The van der Waals surface area contributed by atoms with Crippen LogP contribution in [-0.2, 0) is 47.7 Å². The summed E-state index contributed by atoms with van der Waals surface area (Å²) in [5.41, 5.74) is -12.4. The second-order valence-electron chi connectivity index (χ2n) is 26.5. The van der Waals surface area contributed by atoms with Gasteiger partial charge in [0.05, 0.1) is 52.4 Å². The third-order valence-corrected chi connectivity index (χ3v) is 16.9. The summed E-state index contributed by atoms with van der Waals surface area (Å²) < 4.78 is 23.9. The Morgan fingerprint density at radius 2 is 0.419 bits per heavy atom. The molecule has 0 bridgehead atoms. The highest BCUT2D eigenvalue weighted by molar-refractivity contribution is 5.73. The molecule has 0 radical (unpaired) electrons. The van der Waals surface area contributed by atoms with E-state index in [9.17, 15) is 125 Å². The Bertz CT molecular complexity index is 2570. The second kappa shape index (κ2) is 59.6. The summed E-state index contributed by atoms with van der Waals surface area (Å²) >= 11 is 0. The largest absolute Gasteiger partial charge is 0.488 e. The molecule has 610 valence electrons. The standard InChI is InChI=1S/C19H36N2O6.C15H28N2O6.2C11H20N2O6.C9H16N2O6/c1-4-6-8-10-11-13-15-17(14-12-9-7-5-2)18(22)27-16-19(3,20(23)24)21(25)26;1-4-6-8-9-11-13(10-7-5-2)14(18)23-12-15(3,16(19)20)17(21)22;1-4-6-7-9(5-2)10(14)19-8-11(3,12(15)16)13(17)18;1-3-4-5-6-7-8-10(14)19-9-11(2,12(15)16)13(17)18;1-3-4-5-6-8(12)17-7-9(2,10(13)14)11(15)16/h17H,4-16H2,1-3H3;13H,4-12H2,1-3H3;9H,4-8H2,1-3H3;3-9H2,1-2H3;3-7H2,1-2H3. The normalized spacial score (nSPS) is 12.1. The Morgan fingerprint density at radius 1 is 0.248 bits per heavy atom. The Kier molecular flexibility index (Phi) is 59.6. The zero-order chi connectivity index (χ0) is 82.0. The molecule has 0 N–H and O–H groups in total. The van der Waals surface area contributed by atoms with Gasteiger partial charge >= 0.3 is 58.2 Å². The molecule has 0 aromatic carbocycles. The van der Waals surface area contributed by atoms with E-state index in [1.165, 1.54) is 19.3 Å². The first-order chi connectivity index (χ1) is 49.1. The van der Waals surface area contributed by atoms with Crippen molar-refractivity contribution in [3.8, 4) is 0 Å². The van der Waals surface area contributed by atoms with E-state index in [1.54, 1.807) is 0 Å². The molecule has 0 aromatic heterocycles. The topological polar surface area (TPSA) is 563 Å². The molecule has 0 heterocycles. The maximum atomic E-state index is 12.4. The molecular weight excluding hydrogens is 1400 g/mol. The van der Waals surface area contributed by atoms with Crippen LogP contribution in [0.15, 0.2) is 0 Å². The summed E-state index contributed by atoms with van der Waals surface area (Å²) in [6.07, 6.45) is 29.6. The minimum atomic E-state index is -2.50. The minimum Gasteiger partial charge on any atom is -0.450 e. The molecule has 0 aliphatic carbocycles. The number of rotatable bonds is 57. The molecule has 0 saturated heterocycles. The third kappa shape index (κ3) is 45.4. The first-order valence-corrected chi connectivity index (χ1v) is 36.3. The Morgan fingerprint density at radius 3 is 0.657 bits per heavy atom. The number of carbonyl (C=O) groups is 5. The Hall–Kier alpha value is -8.65. The van der Waals surface area contributed by atoms with Crippen molar-refractivity contribution in [2.75, 3.05) is 33.0 Å². The van der Waals surface area contributed by atoms with E-state index in [-0.39, 0.29) is 30.6 Å². The number of unbranched alkanes of at least 4 members (excludes halogenated alkanes) is 19. The van der Waals surface area contributed by atoms with E-state index in [0.29, 0.717) is 51.4 Å². The van der Waals surface area contributed by atoms with Crippen molar-refractivity contribution in [1.29, 1.82) is 0 Å². The van der Waals surface area contributed by atoms with E-state index in [0.717, 1.165) is 169 Å². The zero-order valence-corrected chi connectivity index (χ0v) is 64.0. The van der Waals surface area contributed by atoms with Crippen LogP contribution >= 0.6 is 0 Å². The van der Waals surface area contributed by atoms with Gasteiger partial charge in [-0.25, -0.2) is 0 Å². The molecule has 40 heteroatoms. The molecule has 0 saturated carbocycles. The molecule has 0 fully saturated rings. The molecule has 0 aliphatic heterocycles. The third-order valence-electron chi connectivity index (χ3n) is 16.9. The van der Waals surface area contributed by atoms with Crippen LogP contribution in [0, 0.1) is 119 Å². The number of ether oxygens (including phenoxy) is 5. The smallest absolute Gasteiger partial charge is 0.450 e. The second-order valence-corrected chi connectivity index (χ2v) is 26.5. The lowest BCUT2D eigenvalue weighted by atomic mass is 9.94. The lowest BCUT2D eigenvalue weighted by molar-refractivity contribution is -0.793. The summed E-state index contributed by atoms with van der Waals surface area (Å²) in [7, 11) is 0. The van der Waals surface area contributed by atoms with Crippen LogP contribution in [-0.4, -0.2) is 140 Å². The van der Waals surface area contributed by atoms with Gasteiger partial charge in [-0.2, -0.15) is 0 Å². The van der Waals surface area contributed by atoms with Crippen LogP contribution in [0.5, 0.6) is 0 Å². The van der Waals surface area contributed by atoms with Gasteiger partial charge in [0.15, 0.2) is 0 Å². The fraction of sp³-hybridized carbons (Fsp3) is 0.923. The summed E-state index contributed by atoms with van der Waals surface area (Å²) in [6, 6.07) is 0. The molecule has 3 atom stereocenters. The lowest BCUT2D eigenvalue weighted by Gasteiger charge is -2.18. The molecule has 105 heavy (non-hydrogen) atoms. The molecule has 40 nitrogen and oxygen atoms in total. The maximum absolute atomic E-state index is 12.4. The quantitative estimate of drug-likeness (QED) is 0.0136.